The van der Waals surface area contributed by atoms with Crippen molar-refractivity contribution in [1.29, 1.82) is 0 Å². The van der Waals surface area contributed by atoms with Crippen LogP contribution in [0, 0.1) is 0 Å². The van der Waals surface area contributed by atoms with E-state index in [2.05, 4.69) is 71.1 Å². The van der Waals surface area contributed by atoms with Crippen LogP contribution >= 0.6 is 0 Å². The molecule has 108 valence electrons. The minimum absolute atomic E-state index is 0.115. The Kier molecular flexibility index (Phi) is 6.02. The molecule has 1 rings (SSSR count). The molecule has 0 aliphatic heterocycles. The summed E-state index contributed by atoms with van der Waals surface area (Å²) in [4.78, 5) is 0. The lowest BCUT2D eigenvalue weighted by molar-refractivity contribution is -0.0667. The van der Waals surface area contributed by atoms with Gasteiger partial charge in [-0.25, -0.2) is 0 Å². The molecule has 0 saturated carbocycles. The second-order valence-corrected chi connectivity index (χ2v) is 6.07. The zero-order valence-corrected chi connectivity index (χ0v) is 13.3. The topological polar surface area (TPSA) is 21.3 Å². The summed E-state index contributed by atoms with van der Waals surface area (Å²) in [5.74, 6) is 0. The number of rotatable bonds is 6. The van der Waals surface area contributed by atoms with Crippen molar-refractivity contribution < 1.29 is 4.74 Å². The predicted octanol–water partition coefficient (Wildman–Crippen LogP) is 4.10. The van der Waals surface area contributed by atoms with E-state index in [1.54, 1.807) is 0 Å². The molecular formula is C17H29NO. The molecule has 2 atom stereocenters. The van der Waals surface area contributed by atoms with Gasteiger partial charge in [0, 0.05) is 0 Å². The highest BCUT2D eigenvalue weighted by molar-refractivity contribution is 5.25. The summed E-state index contributed by atoms with van der Waals surface area (Å²) in [5.41, 5.74) is 2.57. The maximum Gasteiger partial charge on any atom is 0.0748 e. The number of ether oxygens (including phenoxy) is 1. The highest BCUT2D eigenvalue weighted by Gasteiger charge is 2.23. The number of benzene rings is 1. The van der Waals surface area contributed by atoms with Gasteiger partial charge in [-0.15, -0.1) is 0 Å². The summed E-state index contributed by atoms with van der Waals surface area (Å²) in [6, 6.07) is 9.10. The zero-order chi connectivity index (χ0) is 14.5. The Labute approximate surface area is 118 Å². The van der Waals surface area contributed by atoms with E-state index < -0.39 is 0 Å². The molecular weight excluding hydrogens is 234 g/mol. The summed E-state index contributed by atoms with van der Waals surface area (Å²) in [7, 11) is 0. The van der Waals surface area contributed by atoms with Gasteiger partial charge >= 0.3 is 0 Å². The van der Waals surface area contributed by atoms with Crippen LogP contribution in [0.1, 0.15) is 58.7 Å². The van der Waals surface area contributed by atoms with Crippen LogP contribution in [-0.2, 0) is 11.2 Å². The van der Waals surface area contributed by atoms with Gasteiger partial charge in [-0.05, 0) is 51.8 Å². The molecule has 0 aliphatic rings. The Hall–Kier alpha value is -0.860. The third-order valence-corrected chi connectivity index (χ3v) is 3.18. The van der Waals surface area contributed by atoms with Crippen molar-refractivity contribution in [3.05, 3.63) is 35.4 Å². The molecule has 1 aromatic rings. The molecule has 0 fully saturated rings. The quantitative estimate of drug-likeness (QED) is 0.834. The lowest BCUT2D eigenvalue weighted by Crippen LogP contribution is -2.36. The number of hydrogen-bond donors (Lipinski definition) is 1. The highest BCUT2D eigenvalue weighted by atomic mass is 16.5. The molecule has 0 amide bonds. The van der Waals surface area contributed by atoms with Crippen molar-refractivity contribution in [2.24, 2.45) is 0 Å². The summed E-state index contributed by atoms with van der Waals surface area (Å²) < 4.78 is 6.10. The maximum absolute atomic E-state index is 6.10. The van der Waals surface area contributed by atoms with Crippen LogP contribution < -0.4 is 5.32 Å². The summed E-state index contributed by atoms with van der Waals surface area (Å²) in [5, 5.41) is 3.53. The molecule has 2 heteroatoms. The molecule has 2 nitrogen and oxygen atoms in total. The SMILES string of the molecule is CCNC(c1ccc(CC)cc1)C(C)OC(C)(C)C. The first kappa shape index (κ1) is 16.2. The Balaban J connectivity index is 2.85. The van der Waals surface area contributed by atoms with E-state index in [0.29, 0.717) is 0 Å². The normalized spacial score (nSPS) is 15.3. The van der Waals surface area contributed by atoms with E-state index in [-0.39, 0.29) is 17.7 Å². The molecule has 19 heavy (non-hydrogen) atoms. The van der Waals surface area contributed by atoms with Crippen LogP contribution in [0.2, 0.25) is 0 Å². The van der Waals surface area contributed by atoms with Gasteiger partial charge in [0.2, 0.25) is 0 Å². The third-order valence-electron chi connectivity index (χ3n) is 3.18. The van der Waals surface area contributed by atoms with Crippen molar-refractivity contribution in [3.8, 4) is 0 Å². The summed E-state index contributed by atoms with van der Waals surface area (Å²) in [6.07, 6.45) is 1.23. The van der Waals surface area contributed by atoms with Crippen molar-refractivity contribution in [3.63, 3.8) is 0 Å². The second-order valence-electron chi connectivity index (χ2n) is 6.07. The molecule has 0 radical (unpaired) electrons. The third kappa shape index (κ3) is 5.33. The average molecular weight is 263 g/mol. The Morgan fingerprint density at radius 1 is 1.11 bits per heavy atom. The lowest BCUT2D eigenvalue weighted by atomic mass is 9.99. The Morgan fingerprint density at radius 3 is 2.11 bits per heavy atom. The van der Waals surface area contributed by atoms with Crippen LogP contribution in [0.5, 0.6) is 0 Å². The van der Waals surface area contributed by atoms with Gasteiger partial charge in [-0.1, -0.05) is 38.1 Å². The van der Waals surface area contributed by atoms with E-state index in [4.69, 9.17) is 4.74 Å². The van der Waals surface area contributed by atoms with E-state index >= 15 is 0 Å². The van der Waals surface area contributed by atoms with Crippen molar-refractivity contribution in [2.75, 3.05) is 6.54 Å². The van der Waals surface area contributed by atoms with E-state index in [0.717, 1.165) is 13.0 Å². The number of nitrogens with one attached hydrogen (secondary N) is 1. The average Bonchev–Trinajstić information content (AvgIpc) is 2.34. The van der Waals surface area contributed by atoms with E-state index in [9.17, 15) is 0 Å². The standard InChI is InChI=1S/C17H29NO/c1-7-14-9-11-15(12-10-14)16(18-8-2)13(3)19-17(4,5)6/h9-13,16,18H,7-8H2,1-6H3. The fraction of sp³-hybridized carbons (Fsp3) is 0.647. The minimum Gasteiger partial charge on any atom is -0.371 e. The largest absolute Gasteiger partial charge is 0.371 e. The Morgan fingerprint density at radius 2 is 1.68 bits per heavy atom. The first-order chi connectivity index (χ1) is 8.87. The second kappa shape index (κ2) is 7.06. The van der Waals surface area contributed by atoms with Gasteiger partial charge in [0.05, 0.1) is 17.7 Å². The zero-order valence-electron chi connectivity index (χ0n) is 13.3. The van der Waals surface area contributed by atoms with Crippen LogP contribution in [0.3, 0.4) is 0 Å². The van der Waals surface area contributed by atoms with E-state index in [1.807, 2.05) is 0 Å². The molecule has 0 heterocycles. The van der Waals surface area contributed by atoms with Gasteiger partial charge in [-0.2, -0.15) is 0 Å². The molecule has 2 unspecified atom stereocenters. The highest BCUT2D eigenvalue weighted by Crippen LogP contribution is 2.23. The molecule has 0 aliphatic carbocycles. The number of likely N-dealkylation sites (N-methyl/N-ethyl adjacent to an activating group) is 1. The van der Waals surface area contributed by atoms with Gasteiger partial charge in [-0.3, -0.25) is 0 Å². The van der Waals surface area contributed by atoms with Gasteiger partial charge in [0.25, 0.3) is 0 Å². The number of hydrogen-bond acceptors (Lipinski definition) is 2. The minimum atomic E-state index is -0.115. The first-order valence-electron chi connectivity index (χ1n) is 7.37. The Bertz CT molecular complexity index is 364. The maximum atomic E-state index is 6.10. The summed E-state index contributed by atoms with van der Waals surface area (Å²) in [6.45, 7) is 13.7. The van der Waals surface area contributed by atoms with Gasteiger partial charge < -0.3 is 10.1 Å². The van der Waals surface area contributed by atoms with Crippen LogP contribution in [-0.4, -0.2) is 18.2 Å². The smallest absolute Gasteiger partial charge is 0.0748 e. The lowest BCUT2D eigenvalue weighted by Gasteiger charge is -2.31. The monoisotopic (exact) mass is 263 g/mol. The number of aryl methyl sites for hydroxylation is 1. The van der Waals surface area contributed by atoms with Crippen LogP contribution in [0.15, 0.2) is 24.3 Å². The molecule has 0 spiro atoms. The molecule has 0 saturated heterocycles. The molecule has 0 bridgehead atoms. The van der Waals surface area contributed by atoms with Crippen LogP contribution in [0.25, 0.3) is 0 Å². The fourth-order valence-electron chi connectivity index (χ4n) is 2.36. The van der Waals surface area contributed by atoms with Gasteiger partial charge in [0.15, 0.2) is 0 Å². The molecule has 0 aromatic heterocycles. The van der Waals surface area contributed by atoms with Crippen molar-refractivity contribution >= 4 is 0 Å². The molecule has 1 N–H and O–H groups in total. The first-order valence-corrected chi connectivity index (χ1v) is 7.37. The van der Waals surface area contributed by atoms with Crippen LogP contribution in [0.4, 0.5) is 0 Å². The van der Waals surface area contributed by atoms with Crippen molar-refractivity contribution in [2.45, 2.75) is 65.7 Å². The summed E-state index contributed by atoms with van der Waals surface area (Å²) >= 11 is 0. The van der Waals surface area contributed by atoms with Crippen molar-refractivity contribution in [1.82, 2.24) is 5.32 Å². The van der Waals surface area contributed by atoms with E-state index in [1.165, 1.54) is 11.1 Å². The molecule has 1 aromatic carbocycles. The fourth-order valence-corrected chi connectivity index (χ4v) is 2.36. The van der Waals surface area contributed by atoms with Gasteiger partial charge in [0.1, 0.15) is 0 Å². The predicted molar refractivity (Wildman–Crippen MR) is 82.5 cm³/mol.